The molecule has 0 bridgehead atoms. The van der Waals surface area contributed by atoms with Crippen LogP contribution >= 0.6 is 0 Å². The Morgan fingerprint density at radius 3 is 2.72 bits per heavy atom. The van der Waals surface area contributed by atoms with Gasteiger partial charge in [-0.15, -0.1) is 0 Å². The Hall–Kier alpha value is -2.50. The minimum Gasteiger partial charge on any atom is -0.496 e. The van der Waals surface area contributed by atoms with Crippen LogP contribution in [-0.4, -0.2) is 41.4 Å². The predicted octanol–water partition coefficient (Wildman–Crippen LogP) is 3.30. The van der Waals surface area contributed by atoms with Gasteiger partial charge < -0.3 is 15.0 Å². The Morgan fingerprint density at radius 1 is 1.36 bits per heavy atom. The molecule has 1 atom stereocenters. The number of amides is 2. The first-order chi connectivity index (χ1) is 11.9. The summed E-state index contributed by atoms with van der Waals surface area (Å²) >= 11 is 0. The molecule has 1 heterocycles. The van der Waals surface area contributed by atoms with E-state index in [2.05, 4.69) is 16.5 Å². The quantitative estimate of drug-likeness (QED) is 0.784. The number of urea groups is 1. The lowest BCUT2D eigenvalue weighted by Gasteiger charge is -2.26. The van der Waals surface area contributed by atoms with Gasteiger partial charge in [0.05, 0.1) is 18.8 Å². The van der Waals surface area contributed by atoms with Gasteiger partial charge in [-0.1, -0.05) is 18.2 Å². The van der Waals surface area contributed by atoms with Crippen molar-refractivity contribution in [1.82, 2.24) is 20.0 Å². The summed E-state index contributed by atoms with van der Waals surface area (Å²) in [4.78, 5) is 14.1. The Morgan fingerprint density at radius 2 is 2.08 bits per heavy atom. The number of para-hydroxylation sites is 1. The smallest absolute Gasteiger partial charge is 0.317 e. The summed E-state index contributed by atoms with van der Waals surface area (Å²) in [7, 11) is 3.44. The van der Waals surface area contributed by atoms with E-state index in [9.17, 15) is 4.79 Å². The van der Waals surface area contributed by atoms with Crippen molar-refractivity contribution in [1.29, 1.82) is 0 Å². The maximum Gasteiger partial charge on any atom is 0.317 e. The third kappa shape index (κ3) is 4.75. The summed E-state index contributed by atoms with van der Waals surface area (Å²) in [5.74, 6) is 0.791. The first-order valence-corrected chi connectivity index (χ1v) is 8.58. The molecule has 1 aromatic carbocycles. The molecule has 0 aliphatic heterocycles. The van der Waals surface area contributed by atoms with Gasteiger partial charge in [0, 0.05) is 31.4 Å². The fourth-order valence-electron chi connectivity index (χ4n) is 2.85. The summed E-state index contributed by atoms with van der Waals surface area (Å²) in [6.45, 7) is 7.43. The third-order valence-electron chi connectivity index (χ3n) is 4.42. The number of carbonyl (C=O) groups excluding carboxylic acids is 1. The summed E-state index contributed by atoms with van der Waals surface area (Å²) < 4.78 is 7.36. The molecular formula is C19H28N4O2. The number of hydrogen-bond donors (Lipinski definition) is 1. The van der Waals surface area contributed by atoms with Crippen molar-refractivity contribution in [3.63, 3.8) is 0 Å². The molecule has 0 aliphatic rings. The average Bonchev–Trinajstić information content (AvgIpc) is 2.94. The van der Waals surface area contributed by atoms with Crippen LogP contribution in [0, 0.1) is 13.8 Å². The zero-order valence-corrected chi connectivity index (χ0v) is 15.7. The molecule has 1 aromatic heterocycles. The van der Waals surface area contributed by atoms with Crippen LogP contribution in [0.3, 0.4) is 0 Å². The number of aryl methyl sites for hydroxylation is 3. The number of hydrogen-bond acceptors (Lipinski definition) is 3. The summed E-state index contributed by atoms with van der Waals surface area (Å²) in [6, 6.07) is 9.66. The zero-order valence-electron chi connectivity index (χ0n) is 15.7. The van der Waals surface area contributed by atoms with Gasteiger partial charge in [-0.3, -0.25) is 4.68 Å². The second-order valence-corrected chi connectivity index (χ2v) is 6.26. The molecule has 25 heavy (non-hydrogen) atoms. The number of methoxy groups -OCH3 is 1. The van der Waals surface area contributed by atoms with E-state index >= 15 is 0 Å². The van der Waals surface area contributed by atoms with Crippen LogP contribution in [0.4, 0.5) is 4.79 Å². The van der Waals surface area contributed by atoms with Crippen molar-refractivity contribution < 1.29 is 9.53 Å². The minimum absolute atomic E-state index is 0.0767. The molecule has 0 saturated heterocycles. The van der Waals surface area contributed by atoms with E-state index in [0.29, 0.717) is 6.54 Å². The second kappa shape index (κ2) is 8.55. The number of ether oxygens (including phenoxy) is 1. The van der Waals surface area contributed by atoms with Crippen LogP contribution in [0.25, 0.3) is 0 Å². The number of nitrogens with zero attached hydrogens (tertiary/aromatic N) is 3. The van der Waals surface area contributed by atoms with E-state index in [1.54, 1.807) is 19.1 Å². The van der Waals surface area contributed by atoms with Crippen LogP contribution in [0.2, 0.25) is 0 Å². The molecule has 2 amide bonds. The summed E-state index contributed by atoms with van der Waals surface area (Å²) in [6.07, 6.45) is 0.838. The molecule has 1 N–H and O–H groups in total. The highest BCUT2D eigenvalue weighted by atomic mass is 16.5. The molecule has 0 radical (unpaired) electrons. The van der Waals surface area contributed by atoms with Crippen molar-refractivity contribution in [2.75, 3.05) is 20.7 Å². The van der Waals surface area contributed by atoms with Crippen LogP contribution in [0.15, 0.2) is 30.3 Å². The lowest BCUT2D eigenvalue weighted by molar-refractivity contribution is 0.193. The lowest BCUT2D eigenvalue weighted by atomic mass is 10.1. The van der Waals surface area contributed by atoms with E-state index < -0.39 is 0 Å². The molecule has 2 aromatic rings. The third-order valence-corrected chi connectivity index (χ3v) is 4.42. The Labute approximate surface area is 149 Å². The van der Waals surface area contributed by atoms with Crippen LogP contribution in [-0.2, 0) is 6.54 Å². The van der Waals surface area contributed by atoms with Gasteiger partial charge in [0.25, 0.3) is 0 Å². The van der Waals surface area contributed by atoms with Gasteiger partial charge in [0.2, 0.25) is 0 Å². The lowest BCUT2D eigenvalue weighted by Crippen LogP contribution is -2.39. The zero-order chi connectivity index (χ0) is 18.4. The van der Waals surface area contributed by atoms with Gasteiger partial charge in [-0.05, 0) is 39.3 Å². The first-order valence-electron chi connectivity index (χ1n) is 8.58. The van der Waals surface area contributed by atoms with Crippen LogP contribution < -0.4 is 10.1 Å². The van der Waals surface area contributed by atoms with Gasteiger partial charge >= 0.3 is 6.03 Å². The maximum absolute atomic E-state index is 12.4. The average molecular weight is 344 g/mol. The highest BCUT2D eigenvalue weighted by molar-refractivity contribution is 5.74. The molecule has 0 saturated carbocycles. The van der Waals surface area contributed by atoms with E-state index in [4.69, 9.17) is 4.74 Å². The topological polar surface area (TPSA) is 59.4 Å². The van der Waals surface area contributed by atoms with Crippen molar-refractivity contribution in [2.45, 2.75) is 39.8 Å². The van der Waals surface area contributed by atoms with Crippen LogP contribution in [0.5, 0.6) is 5.75 Å². The molecule has 6 nitrogen and oxygen atoms in total. The Kier molecular flexibility index (Phi) is 6.44. The fraction of sp³-hybridized carbons (Fsp3) is 0.474. The minimum atomic E-state index is -0.0910. The fourth-order valence-corrected chi connectivity index (χ4v) is 2.85. The number of benzene rings is 1. The molecule has 0 aliphatic carbocycles. The van der Waals surface area contributed by atoms with E-state index in [0.717, 1.165) is 35.7 Å². The number of nitrogens with one attached hydrogen (secondary N) is 1. The first kappa shape index (κ1) is 18.8. The van der Waals surface area contributed by atoms with Crippen molar-refractivity contribution in [2.24, 2.45) is 0 Å². The normalized spacial score (nSPS) is 11.9. The number of carbonyl (C=O) groups is 1. The molecule has 2 rings (SSSR count). The summed E-state index contributed by atoms with van der Waals surface area (Å²) in [5, 5.41) is 7.40. The monoisotopic (exact) mass is 344 g/mol. The molecule has 136 valence electrons. The van der Waals surface area contributed by atoms with Gasteiger partial charge in [-0.2, -0.15) is 5.10 Å². The largest absolute Gasteiger partial charge is 0.496 e. The van der Waals surface area contributed by atoms with E-state index in [1.165, 1.54) is 0 Å². The maximum atomic E-state index is 12.4. The Bertz CT molecular complexity index is 711. The van der Waals surface area contributed by atoms with Crippen LogP contribution in [0.1, 0.15) is 36.3 Å². The number of rotatable bonds is 7. The highest BCUT2D eigenvalue weighted by Gasteiger charge is 2.19. The molecule has 0 fully saturated rings. The SMILES string of the molecule is COc1ccccc1C(C)N(C)C(=O)NCCCn1nc(C)cc1C. The predicted molar refractivity (Wildman–Crippen MR) is 98.9 cm³/mol. The van der Waals surface area contributed by atoms with Gasteiger partial charge in [0.1, 0.15) is 5.75 Å². The Balaban J connectivity index is 1.84. The standard InChI is InChI=1S/C19H28N4O2/c1-14-13-15(2)23(21-14)12-8-11-20-19(24)22(4)16(3)17-9-6-7-10-18(17)25-5/h6-7,9-10,13,16H,8,11-12H2,1-5H3,(H,20,24). The van der Waals surface area contributed by atoms with E-state index in [1.807, 2.05) is 49.7 Å². The molecular weight excluding hydrogens is 316 g/mol. The molecule has 6 heteroatoms. The van der Waals surface area contributed by atoms with Gasteiger partial charge in [0.15, 0.2) is 0 Å². The molecule has 0 spiro atoms. The molecule has 1 unspecified atom stereocenters. The van der Waals surface area contributed by atoms with Gasteiger partial charge in [-0.25, -0.2) is 4.79 Å². The second-order valence-electron chi connectivity index (χ2n) is 6.26. The van der Waals surface area contributed by atoms with Crippen molar-refractivity contribution >= 4 is 6.03 Å². The highest BCUT2D eigenvalue weighted by Crippen LogP contribution is 2.27. The number of aromatic nitrogens is 2. The summed E-state index contributed by atoms with van der Waals surface area (Å²) in [5.41, 5.74) is 3.16. The van der Waals surface area contributed by atoms with Crippen molar-refractivity contribution in [3.05, 3.63) is 47.3 Å². The van der Waals surface area contributed by atoms with E-state index in [-0.39, 0.29) is 12.1 Å². The van der Waals surface area contributed by atoms with Crippen molar-refractivity contribution in [3.8, 4) is 5.75 Å².